The molecule has 1 aromatic heterocycles. The van der Waals surface area contributed by atoms with Crippen LogP contribution >= 0.6 is 0 Å². The molecule has 1 aliphatic rings. The Labute approximate surface area is 119 Å². The lowest BCUT2D eigenvalue weighted by Gasteiger charge is -2.21. The quantitative estimate of drug-likeness (QED) is 0.867. The third-order valence-corrected chi connectivity index (χ3v) is 3.67. The monoisotopic (exact) mass is 269 g/mol. The van der Waals surface area contributed by atoms with E-state index in [2.05, 4.69) is 14.9 Å². The van der Waals surface area contributed by atoms with Gasteiger partial charge in [-0.15, -0.1) is 0 Å². The van der Waals surface area contributed by atoms with Crippen LogP contribution in [0.2, 0.25) is 0 Å². The highest BCUT2D eigenvalue weighted by atomic mass is 15.2. The largest absolute Gasteiger partial charge is 0.399 e. The molecule has 0 amide bonds. The lowest BCUT2D eigenvalue weighted by molar-refractivity contribution is 0.923. The van der Waals surface area contributed by atoms with Crippen molar-refractivity contribution >= 4 is 23.0 Å². The Kier molecular flexibility index (Phi) is 3.41. The number of hydrogen-bond donors (Lipinski definition) is 1. The van der Waals surface area contributed by atoms with E-state index in [1.807, 2.05) is 42.3 Å². The second-order valence-corrected chi connectivity index (χ2v) is 5.08. The molecule has 5 nitrogen and oxygen atoms in total. The summed E-state index contributed by atoms with van der Waals surface area (Å²) in [4.78, 5) is 13.1. The number of nitrogen functional groups attached to an aromatic ring is 1. The molecule has 1 aromatic carbocycles. The van der Waals surface area contributed by atoms with E-state index in [4.69, 9.17) is 5.73 Å². The number of anilines is 4. The standard InChI is InChI=1S/C15H19N5/c1-19(13-6-4-5-12(16)9-13)14-10-15(18-11-17-14)20-7-2-3-8-20/h4-6,9-11H,2-3,7-8,16H2,1H3. The summed E-state index contributed by atoms with van der Waals surface area (Å²) in [5.41, 5.74) is 7.61. The van der Waals surface area contributed by atoms with E-state index >= 15 is 0 Å². The molecular weight excluding hydrogens is 250 g/mol. The minimum atomic E-state index is 0.753. The van der Waals surface area contributed by atoms with Gasteiger partial charge in [0, 0.05) is 37.6 Å². The molecule has 2 N–H and O–H groups in total. The van der Waals surface area contributed by atoms with Crippen LogP contribution < -0.4 is 15.5 Å². The summed E-state index contributed by atoms with van der Waals surface area (Å²) in [6.07, 6.45) is 4.11. The predicted octanol–water partition coefficient (Wildman–Crippen LogP) is 2.43. The van der Waals surface area contributed by atoms with Crippen molar-refractivity contribution in [1.29, 1.82) is 0 Å². The Morgan fingerprint density at radius 1 is 1.15 bits per heavy atom. The van der Waals surface area contributed by atoms with Crippen molar-refractivity contribution in [3.63, 3.8) is 0 Å². The third-order valence-electron chi connectivity index (χ3n) is 3.67. The number of nitrogens with zero attached hydrogens (tertiary/aromatic N) is 4. The van der Waals surface area contributed by atoms with Gasteiger partial charge in [0.1, 0.15) is 18.0 Å². The second kappa shape index (κ2) is 5.36. The number of aromatic nitrogens is 2. The predicted molar refractivity (Wildman–Crippen MR) is 82.4 cm³/mol. The highest BCUT2D eigenvalue weighted by Crippen LogP contribution is 2.26. The van der Waals surface area contributed by atoms with E-state index in [1.165, 1.54) is 12.8 Å². The number of nitrogens with two attached hydrogens (primary N) is 1. The molecule has 0 saturated carbocycles. The van der Waals surface area contributed by atoms with Crippen molar-refractivity contribution < 1.29 is 0 Å². The van der Waals surface area contributed by atoms with Crippen molar-refractivity contribution in [2.45, 2.75) is 12.8 Å². The van der Waals surface area contributed by atoms with Gasteiger partial charge in [-0.3, -0.25) is 0 Å². The van der Waals surface area contributed by atoms with Gasteiger partial charge in [0.15, 0.2) is 0 Å². The molecule has 0 atom stereocenters. The Balaban J connectivity index is 1.87. The van der Waals surface area contributed by atoms with Crippen LogP contribution in [0.5, 0.6) is 0 Å². The number of hydrogen-bond acceptors (Lipinski definition) is 5. The second-order valence-electron chi connectivity index (χ2n) is 5.08. The minimum absolute atomic E-state index is 0.753. The highest BCUT2D eigenvalue weighted by molar-refractivity contribution is 5.65. The van der Waals surface area contributed by atoms with Gasteiger partial charge in [0.05, 0.1) is 0 Å². The molecule has 3 rings (SSSR count). The fourth-order valence-corrected chi connectivity index (χ4v) is 2.51. The van der Waals surface area contributed by atoms with Gasteiger partial charge < -0.3 is 15.5 Å². The maximum atomic E-state index is 5.84. The Morgan fingerprint density at radius 2 is 1.95 bits per heavy atom. The summed E-state index contributed by atoms with van der Waals surface area (Å²) in [5.74, 6) is 1.88. The van der Waals surface area contributed by atoms with Crippen molar-refractivity contribution in [2.24, 2.45) is 0 Å². The van der Waals surface area contributed by atoms with Gasteiger partial charge in [-0.25, -0.2) is 9.97 Å². The lowest BCUT2D eigenvalue weighted by Crippen LogP contribution is -2.20. The summed E-state index contributed by atoms with van der Waals surface area (Å²) in [6.45, 7) is 2.16. The van der Waals surface area contributed by atoms with Crippen LogP contribution in [0.3, 0.4) is 0 Å². The maximum absolute atomic E-state index is 5.84. The molecule has 1 fully saturated rings. The Morgan fingerprint density at radius 3 is 2.70 bits per heavy atom. The first-order chi connectivity index (χ1) is 9.74. The molecule has 20 heavy (non-hydrogen) atoms. The summed E-state index contributed by atoms with van der Waals surface area (Å²) >= 11 is 0. The van der Waals surface area contributed by atoms with E-state index in [1.54, 1.807) is 6.33 Å². The molecule has 0 bridgehead atoms. The van der Waals surface area contributed by atoms with Gasteiger partial charge in [-0.2, -0.15) is 0 Å². The molecule has 1 aliphatic heterocycles. The van der Waals surface area contributed by atoms with Crippen LogP contribution in [-0.2, 0) is 0 Å². The first-order valence-corrected chi connectivity index (χ1v) is 6.90. The van der Waals surface area contributed by atoms with E-state index in [-0.39, 0.29) is 0 Å². The molecule has 0 spiro atoms. The van der Waals surface area contributed by atoms with Crippen LogP contribution in [-0.4, -0.2) is 30.1 Å². The highest BCUT2D eigenvalue weighted by Gasteiger charge is 2.15. The Hall–Kier alpha value is -2.30. The molecule has 1 saturated heterocycles. The fourth-order valence-electron chi connectivity index (χ4n) is 2.51. The van der Waals surface area contributed by atoms with Crippen molar-refractivity contribution in [2.75, 3.05) is 35.7 Å². The average Bonchev–Trinajstić information content (AvgIpc) is 3.01. The van der Waals surface area contributed by atoms with Crippen LogP contribution in [0.15, 0.2) is 36.7 Å². The van der Waals surface area contributed by atoms with Crippen molar-refractivity contribution in [3.05, 3.63) is 36.7 Å². The molecule has 2 heterocycles. The average molecular weight is 269 g/mol. The molecule has 0 radical (unpaired) electrons. The third kappa shape index (κ3) is 2.52. The van der Waals surface area contributed by atoms with E-state index in [0.717, 1.165) is 36.1 Å². The zero-order valence-corrected chi connectivity index (χ0v) is 11.7. The summed E-state index contributed by atoms with van der Waals surface area (Å²) in [7, 11) is 1.99. The summed E-state index contributed by atoms with van der Waals surface area (Å²) in [6, 6.07) is 9.83. The number of rotatable bonds is 3. The van der Waals surface area contributed by atoms with Gasteiger partial charge >= 0.3 is 0 Å². The topological polar surface area (TPSA) is 58.3 Å². The van der Waals surface area contributed by atoms with Gasteiger partial charge in [0.2, 0.25) is 0 Å². The van der Waals surface area contributed by atoms with E-state index < -0.39 is 0 Å². The zero-order chi connectivity index (χ0) is 13.9. The lowest BCUT2D eigenvalue weighted by atomic mass is 10.2. The van der Waals surface area contributed by atoms with Gasteiger partial charge in [0.25, 0.3) is 0 Å². The van der Waals surface area contributed by atoms with Crippen molar-refractivity contribution in [1.82, 2.24) is 9.97 Å². The van der Waals surface area contributed by atoms with E-state index in [0.29, 0.717) is 0 Å². The van der Waals surface area contributed by atoms with Crippen LogP contribution in [0, 0.1) is 0 Å². The maximum Gasteiger partial charge on any atom is 0.138 e. The van der Waals surface area contributed by atoms with E-state index in [9.17, 15) is 0 Å². The minimum Gasteiger partial charge on any atom is -0.399 e. The van der Waals surface area contributed by atoms with Crippen molar-refractivity contribution in [3.8, 4) is 0 Å². The van der Waals surface area contributed by atoms with Crippen LogP contribution in [0.4, 0.5) is 23.0 Å². The smallest absolute Gasteiger partial charge is 0.138 e. The molecule has 0 aliphatic carbocycles. The zero-order valence-electron chi connectivity index (χ0n) is 11.7. The Bertz CT molecular complexity index is 592. The SMILES string of the molecule is CN(c1cccc(N)c1)c1cc(N2CCCC2)ncn1. The molecule has 5 heteroatoms. The molecular formula is C15H19N5. The molecule has 104 valence electrons. The van der Waals surface area contributed by atoms with Crippen LogP contribution in [0.1, 0.15) is 12.8 Å². The number of benzene rings is 1. The summed E-state index contributed by atoms with van der Waals surface area (Å²) < 4.78 is 0. The first-order valence-electron chi connectivity index (χ1n) is 6.90. The normalized spacial score (nSPS) is 14.6. The first kappa shape index (κ1) is 12.7. The van der Waals surface area contributed by atoms with Gasteiger partial charge in [-0.1, -0.05) is 6.07 Å². The molecule has 0 unspecified atom stereocenters. The van der Waals surface area contributed by atoms with Gasteiger partial charge in [-0.05, 0) is 31.0 Å². The van der Waals surface area contributed by atoms with Crippen LogP contribution in [0.25, 0.3) is 0 Å². The summed E-state index contributed by atoms with van der Waals surface area (Å²) in [5, 5.41) is 0. The fraction of sp³-hybridized carbons (Fsp3) is 0.333. The molecule has 2 aromatic rings.